The van der Waals surface area contributed by atoms with Gasteiger partial charge in [-0.25, -0.2) is 0 Å². The second-order valence-electron chi connectivity index (χ2n) is 5.18. The molecule has 0 saturated carbocycles. The molecular formula is C19H26O. The normalized spacial score (nSPS) is 8.90. The SMILES string of the molecule is C=O.Cc1ccc(C)c(C)c1.Cc1ccc(C)c(C)c1. The first kappa shape index (κ1) is 18.1. The Balaban J connectivity index is 0.000000321. The molecule has 2 aromatic rings. The molecule has 0 radical (unpaired) electrons. The molecule has 0 aliphatic carbocycles. The van der Waals surface area contributed by atoms with Crippen LogP contribution in [0.4, 0.5) is 0 Å². The van der Waals surface area contributed by atoms with Crippen molar-refractivity contribution in [3.05, 3.63) is 69.8 Å². The highest BCUT2D eigenvalue weighted by molar-refractivity contribution is 5.29. The Kier molecular flexibility index (Phi) is 8.23. The number of hydrogen-bond acceptors (Lipinski definition) is 1. The smallest absolute Gasteiger partial charge is 0.106 e. The summed E-state index contributed by atoms with van der Waals surface area (Å²) in [7, 11) is 0. The highest BCUT2D eigenvalue weighted by Gasteiger charge is 1.89. The molecule has 0 aromatic heterocycles. The van der Waals surface area contributed by atoms with Gasteiger partial charge in [0.05, 0.1) is 0 Å². The first-order valence-corrected chi connectivity index (χ1v) is 6.76. The third kappa shape index (κ3) is 6.33. The predicted octanol–water partition coefficient (Wildman–Crippen LogP) is 5.04. The number of carbonyl (C=O) groups excluding carboxylic acids is 1. The zero-order valence-corrected chi connectivity index (χ0v) is 13.6. The summed E-state index contributed by atoms with van der Waals surface area (Å²) in [5.41, 5.74) is 8.21. The Hall–Kier alpha value is -1.89. The molecule has 20 heavy (non-hydrogen) atoms. The van der Waals surface area contributed by atoms with Crippen LogP contribution in [-0.2, 0) is 4.79 Å². The lowest BCUT2D eigenvalue weighted by atomic mass is 10.1. The average Bonchev–Trinajstić information content (AvgIpc) is 2.42. The van der Waals surface area contributed by atoms with Crippen molar-refractivity contribution in [1.29, 1.82) is 0 Å². The molecule has 0 saturated heterocycles. The summed E-state index contributed by atoms with van der Waals surface area (Å²) in [4.78, 5) is 8.00. The molecule has 0 amide bonds. The molecule has 2 aromatic carbocycles. The summed E-state index contributed by atoms with van der Waals surface area (Å²) in [6.07, 6.45) is 0. The fraction of sp³-hybridized carbons (Fsp3) is 0.316. The van der Waals surface area contributed by atoms with Gasteiger partial charge in [0.25, 0.3) is 0 Å². The van der Waals surface area contributed by atoms with E-state index in [0.29, 0.717) is 0 Å². The summed E-state index contributed by atoms with van der Waals surface area (Å²) < 4.78 is 0. The third-order valence-electron chi connectivity index (χ3n) is 3.32. The lowest BCUT2D eigenvalue weighted by Gasteiger charge is -1.98. The van der Waals surface area contributed by atoms with Gasteiger partial charge in [0, 0.05) is 0 Å². The van der Waals surface area contributed by atoms with Gasteiger partial charge in [-0.2, -0.15) is 0 Å². The van der Waals surface area contributed by atoms with Crippen molar-refractivity contribution in [3.8, 4) is 0 Å². The molecule has 0 atom stereocenters. The van der Waals surface area contributed by atoms with E-state index in [9.17, 15) is 0 Å². The Morgan fingerprint density at radius 1 is 0.550 bits per heavy atom. The number of benzene rings is 2. The van der Waals surface area contributed by atoms with Crippen LogP contribution in [0.3, 0.4) is 0 Å². The van der Waals surface area contributed by atoms with Crippen LogP contribution in [0, 0.1) is 41.5 Å². The minimum atomic E-state index is 1.35. The zero-order valence-electron chi connectivity index (χ0n) is 13.6. The summed E-state index contributed by atoms with van der Waals surface area (Å²) >= 11 is 0. The first-order chi connectivity index (χ1) is 9.40. The molecule has 0 fully saturated rings. The third-order valence-corrected chi connectivity index (χ3v) is 3.32. The van der Waals surface area contributed by atoms with Crippen LogP contribution in [0.5, 0.6) is 0 Å². The standard InChI is InChI=1S/2C9H12.CH2O/c2*1-7-4-5-8(2)9(3)6-7;1-2/h2*4-6H,1-3H3;1H2. The number of hydrogen-bond donors (Lipinski definition) is 0. The van der Waals surface area contributed by atoms with E-state index in [-0.39, 0.29) is 0 Å². The number of rotatable bonds is 0. The topological polar surface area (TPSA) is 17.1 Å². The van der Waals surface area contributed by atoms with Crippen molar-refractivity contribution in [2.75, 3.05) is 0 Å². The lowest BCUT2D eigenvalue weighted by molar-refractivity contribution is -0.0979. The Morgan fingerprint density at radius 3 is 1.05 bits per heavy atom. The molecule has 0 spiro atoms. The maximum absolute atomic E-state index is 8.00. The van der Waals surface area contributed by atoms with Crippen molar-refractivity contribution in [3.63, 3.8) is 0 Å². The van der Waals surface area contributed by atoms with E-state index in [2.05, 4.69) is 77.9 Å². The number of aryl methyl sites for hydroxylation is 6. The van der Waals surface area contributed by atoms with Crippen LogP contribution >= 0.6 is 0 Å². The van der Waals surface area contributed by atoms with Gasteiger partial charge in [-0.3, -0.25) is 0 Å². The van der Waals surface area contributed by atoms with Crippen molar-refractivity contribution >= 4 is 6.79 Å². The van der Waals surface area contributed by atoms with Crippen molar-refractivity contribution in [2.24, 2.45) is 0 Å². The molecule has 1 nitrogen and oxygen atoms in total. The summed E-state index contributed by atoms with van der Waals surface area (Å²) in [6, 6.07) is 13.0. The maximum Gasteiger partial charge on any atom is 0.106 e. The highest BCUT2D eigenvalue weighted by atomic mass is 16.1. The van der Waals surface area contributed by atoms with Gasteiger partial charge in [-0.05, 0) is 63.8 Å². The Bertz CT molecular complexity index is 492. The molecule has 2 rings (SSSR count). The molecule has 0 unspecified atom stereocenters. The van der Waals surface area contributed by atoms with E-state index < -0.39 is 0 Å². The monoisotopic (exact) mass is 270 g/mol. The van der Waals surface area contributed by atoms with Crippen LogP contribution in [0.1, 0.15) is 33.4 Å². The van der Waals surface area contributed by atoms with E-state index in [1.807, 2.05) is 6.79 Å². The van der Waals surface area contributed by atoms with Gasteiger partial charge in [0.15, 0.2) is 0 Å². The van der Waals surface area contributed by atoms with Crippen molar-refractivity contribution in [2.45, 2.75) is 41.5 Å². The lowest BCUT2D eigenvalue weighted by Crippen LogP contribution is -1.79. The van der Waals surface area contributed by atoms with Gasteiger partial charge >= 0.3 is 0 Å². The highest BCUT2D eigenvalue weighted by Crippen LogP contribution is 2.08. The van der Waals surface area contributed by atoms with Crippen LogP contribution in [0.15, 0.2) is 36.4 Å². The first-order valence-electron chi connectivity index (χ1n) is 6.76. The summed E-state index contributed by atoms with van der Waals surface area (Å²) in [5.74, 6) is 0. The molecule has 108 valence electrons. The van der Waals surface area contributed by atoms with E-state index in [1.165, 1.54) is 33.4 Å². The fourth-order valence-corrected chi connectivity index (χ4v) is 1.78. The van der Waals surface area contributed by atoms with Gasteiger partial charge in [-0.15, -0.1) is 0 Å². The molecule has 0 bridgehead atoms. The van der Waals surface area contributed by atoms with Gasteiger partial charge in [0.2, 0.25) is 0 Å². The summed E-state index contributed by atoms with van der Waals surface area (Å²) in [6.45, 7) is 14.8. The zero-order chi connectivity index (χ0) is 15.7. The molecule has 0 heterocycles. The van der Waals surface area contributed by atoms with Crippen LogP contribution in [0.2, 0.25) is 0 Å². The van der Waals surface area contributed by atoms with E-state index in [4.69, 9.17) is 4.79 Å². The quantitative estimate of drug-likeness (QED) is 0.655. The average molecular weight is 270 g/mol. The minimum Gasteiger partial charge on any atom is -0.307 e. The maximum atomic E-state index is 8.00. The van der Waals surface area contributed by atoms with E-state index in [1.54, 1.807) is 0 Å². The second kappa shape index (κ2) is 9.08. The van der Waals surface area contributed by atoms with Gasteiger partial charge < -0.3 is 4.79 Å². The largest absolute Gasteiger partial charge is 0.307 e. The molecule has 0 aliphatic heterocycles. The van der Waals surface area contributed by atoms with Gasteiger partial charge in [0.1, 0.15) is 6.79 Å². The Labute approximate surface area is 123 Å². The second-order valence-corrected chi connectivity index (χ2v) is 5.18. The molecule has 0 N–H and O–H groups in total. The van der Waals surface area contributed by atoms with Crippen LogP contribution in [-0.4, -0.2) is 6.79 Å². The minimum absolute atomic E-state index is 1.35. The number of carbonyl (C=O) groups is 1. The van der Waals surface area contributed by atoms with E-state index >= 15 is 0 Å². The summed E-state index contributed by atoms with van der Waals surface area (Å²) in [5, 5.41) is 0. The van der Waals surface area contributed by atoms with Crippen LogP contribution < -0.4 is 0 Å². The van der Waals surface area contributed by atoms with Crippen LogP contribution in [0.25, 0.3) is 0 Å². The molecule has 0 aliphatic rings. The van der Waals surface area contributed by atoms with Crippen molar-refractivity contribution in [1.82, 2.24) is 0 Å². The predicted molar refractivity (Wildman–Crippen MR) is 88.4 cm³/mol. The Morgan fingerprint density at radius 2 is 0.850 bits per heavy atom. The molecule has 1 heteroatoms. The fourth-order valence-electron chi connectivity index (χ4n) is 1.78. The van der Waals surface area contributed by atoms with Crippen molar-refractivity contribution < 1.29 is 4.79 Å². The van der Waals surface area contributed by atoms with Gasteiger partial charge in [-0.1, -0.05) is 47.5 Å². The molecular weight excluding hydrogens is 244 g/mol. The van der Waals surface area contributed by atoms with E-state index in [0.717, 1.165) is 0 Å².